The highest BCUT2D eigenvalue weighted by Crippen LogP contribution is 2.18. The number of rotatable bonds is 2. The summed E-state index contributed by atoms with van der Waals surface area (Å²) in [6, 6.07) is 9.15. The summed E-state index contributed by atoms with van der Waals surface area (Å²) in [5.41, 5.74) is 1.35. The highest BCUT2D eigenvalue weighted by Gasteiger charge is 2.24. The number of nitrogens with zero attached hydrogens (tertiary/aromatic N) is 3. The summed E-state index contributed by atoms with van der Waals surface area (Å²) in [7, 11) is 0. The van der Waals surface area contributed by atoms with Gasteiger partial charge in [-0.3, -0.25) is 9.36 Å². The van der Waals surface area contributed by atoms with E-state index < -0.39 is 5.97 Å². The highest BCUT2D eigenvalue weighted by atomic mass is 16.6. The number of benzene rings is 1. The van der Waals surface area contributed by atoms with Crippen LogP contribution in [0.15, 0.2) is 53.5 Å². The van der Waals surface area contributed by atoms with Crippen LogP contribution in [0.4, 0.5) is 0 Å². The number of carbonyl (C=O) groups excluding carboxylic acids is 2. The zero-order valence-corrected chi connectivity index (χ0v) is 11.2. The van der Waals surface area contributed by atoms with Crippen molar-refractivity contribution in [2.24, 2.45) is 4.99 Å². The topological polar surface area (TPSA) is 73.6 Å². The zero-order valence-electron chi connectivity index (χ0n) is 11.2. The van der Waals surface area contributed by atoms with Crippen LogP contribution in [-0.4, -0.2) is 27.3 Å². The zero-order chi connectivity index (χ0) is 14.8. The number of carbonyl (C=O) groups is 2. The lowest BCUT2D eigenvalue weighted by Crippen LogP contribution is -2.04. The van der Waals surface area contributed by atoms with Crippen LogP contribution in [-0.2, 0) is 9.53 Å². The molecule has 6 heteroatoms. The van der Waals surface area contributed by atoms with Gasteiger partial charge >= 0.3 is 5.97 Å². The number of esters is 1. The third kappa shape index (κ3) is 2.64. The summed E-state index contributed by atoms with van der Waals surface area (Å²) >= 11 is 0. The Hall–Kier alpha value is -3.02. The molecule has 0 aliphatic carbocycles. The van der Waals surface area contributed by atoms with Crippen molar-refractivity contribution in [2.45, 2.75) is 6.92 Å². The summed E-state index contributed by atoms with van der Waals surface area (Å²) < 4.78 is 6.46. The number of cyclic esters (lactones) is 1. The summed E-state index contributed by atoms with van der Waals surface area (Å²) in [4.78, 5) is 31.2. The third-order valence-corrected chi connectivity index (χ3v) is 2.89. The molecule has 1 aliphatic heterocycles. The molecule has 0 unspecified atom stereocenters. The van der Waals surface area contributed by atoms with E-state index in [9.17, 15) is 9.59 Å². The maximum atomic E-state index is 11.8. The Balaban J connectivity index is 1.91. The van der Waals surface area contributed by atoms with E-state index in [4.69, 9.17) is 4.74 Å². The summed E-state index contributed by atoms with van der Waals surface area (Å²) in [5.74, 6) is -0.432. The van der Waals surface area contributed by atoms with E-state index in [-0.39, 0.29) is 17.5 Å². The first-order chi connectivity index (χ1) is 10.1. The van der Waals surface area contributed by atoms with Crippen LogP contribution >= 0.6 is 0 Å². The molecule has 2 aromatic rings. The van der Waals surface area contributed by atoms with E-state index in [1.807, 2.05) is 18.2 Å². The Morgan fingerprint density at radius 3 is 2.71 bits per heavy atom. The molecule has 0 saturated heterocycles. The quantitative estimate of drug-likeness (QED) is 0.622. The van der Waals surface area contributed by atoms with E-state index in [2.05, 4.69) is 9.98 Å². The first-order valence-corrected chi connectivity index (χ1v) is 6.26. The maximum Gasteiger partial charge on any atom is 0.363 e. The minimum absolute atomic E-state index is 0.155. The van der Waals surface area contributed by atoms with Crippen molar-refractivity contribution in [1.82, 2.24) is 9.55 Å². The average Bonchev–Trinajstić information content (AvgIpc) is 3.08. The normalized spacial score (nSPS) is 16.0. The molecule has 0 radical (unpaired) electrons. The van der Waals surface area contributed by atoms with Crippen LogP contribution < -0.4 is 0 Å². The van der Waals surface area contributed by atoms with Gasteiger partial charge in [-0.25, -0.2) is 14.8 Å². The molecule has 6 nitrogen and oxygen atoms in total. The molecule has 0 fully saturated rings. The van der Waals surface area contributed by atoms with Crippen molar-refractivity contribution in [3.63, 3.8) is 0 Å². The third-order valence-electron chi connectivity index (χ3n) is 2.89. The van der Waals surface area contributed by atoms with E-state index >= 15 is 0 Å². The van der Waals surface area contributed by atoms with Crippen molar-refractivity contribution >= 4 is 23.9 Å². The smallest absolute Gasteiger partial charge is 0.363 e. The summed E-state index contributed by atoms with van der Waals surface area (Å²) in [5, 5.41) is 0. The predicted molar refractivity (Wildman–Crippen MR) is 75.6 cm³/mol. The second-order valence-corrected chi connectivity index (χ2v) is 4.43. The van der Waals surface area contributed by atoms with Crippen molar-refractivity contribution in [2.75, 3.05) is 0 Å². The Morgan fingerprint density at radius 1 is 1.29 bits per heavy atom. The fourth-order valence-electron chi connectivity index (χ4n) is 1.84. The number of ether oxygens (including phenoxy) is 1. The van der Waals surface area contributed by atoms with Crippen molar-refractivity contribution in [1.29, 1.82) is 0 Å². The molecule has 0 N–H and O–H groups in total. The van der Waals surface area contributed by atoms with Crippen molar-refractivity contribution in [3.05, 3.63) is 59.8 Å². The fraction of sp³-hybridized carbons (Fsp3) is 0.0667. The molecule has 2 heterocycles. The Kier molecular flexibility index (Phi) is 3.19. The van der Waals surface area contributed by atoms with E-state index in [0.717, 1.165) is 5.56 Å². The van der Waals surface area contributed by atoms with E-state index in [1.54, 1.807) is 12.1 Å². The second-order valence-electron chi connectivity index (χ2n) is 4.43. The van der Waals surface area contributed by atoms with Gasteiger partial charge in [-0.1, -0.05) is 18.2 Å². The molecule has 0 amide bonds. The highest BCUT2D eigenvalue weighted by molar-refractivity contribution is 6.12. The number of aliphatic imine (C=N–C) groups is 1. The molecule has 1 aromatic heterocycles. The standard InChI is InChI=1S/C15H11N3O3/c1-10(19)18-8-12(16-9-18)7-13-15(20)21-14(17-13)11-5-3-2-4-6-11/h2-9H,1H3/b13-7-. The first-order valence-electron chi connectivity index (χ1n) is 6.26. The van der Waals surface area contributed by atoms with Crippen LogP contribution in [0.25, 0.3) is 6.08 Å². The number of imidazole rings is 1. The molecule has 0 spiro atoms. The van der Waals surface area contributed by atoms with Gasteiger partial charge in [0.15, 0.2) is 5.70 Å². The lowest BCUT2D eigenvalue weighted by Gasteiger charge is -1.97. The maximum absolute atomic E-state index is 11.8. The Bertz CT molecular complexity index is 772. The fourth-order valence-corrected chi connectivity index (χ4v) is 1.84. The average molecular weight is 281 g/mol. The molecule has 0 saturated carbocycles. The number of hydrogen-bond acceptors (Lipinski definition) is 5. The Labute approximate surface area is 120 Å². The molecule has 21 heavy (non-hydrogen) atoms. The SMILES string of the molecule is CC(=O)n1cnc(/C=C2\N=C(c3ccccc3)OC2=O)c1. The van der Waals surface area contributed by atoms with Gasteiger partial charge in [-0.15, -0.1) is 0 Å². The van der Waals surface area contributed by atoms with Gasteiger partial charge in [0, 0.05) is 18.7 Å². The largest absolute Gasteiger partial charge is 0.402 e. The van der Waals surface area contributed by atoms with Crippen LogP contribution in [0, 0.1) is 0 Å². The van der Waals surface area contributed by atoms with Crippen LogP contribution in [0.5, 0.6) is 0 Å². The Morgan fingerprint density at radius 2 is 2.05 bits per heavy atom. The van der Waals surface area contributed by atoms with Gasteiger partial charge in [-0.2, -0.15) is 0 Å². The summed E-state index contributed by atoms with van der Waals surface area (Å²) in [6.07, 6.45) is 4.40. The molecular weight excluding hydrogens is 270 g/mol. The van der Waals surface area contributed by atoms with Crippen molar-refractivity contribution in [3.8, 4) is 0 Å². The van der Waals surface area contributed by atoms with Gasteiger partial charge in [0.1, 0.15) is 6.33 Å². The molecule has 1 aromatic carbocycles. The molecular formula is C15H11N3O3. The second kappa shape index (κ2) is 5.16. The summed E-state index contributed by atoms with van der Waals surface area (Å²) in [6.45, 7) is 1.42. The lowest BCUT2D eigenvalue weighted by molar-refractivity contribution is -0.129. The van der Waals surface area contributed by atoms with Gasteiger partial charge in [0.25, 0.3) is 0 Å². The van der Waals surface area contributed by atoms with Crippen LogP contribution in [0.2, 0.25) is 0 Å². The van der Waals surface area contributed by atoms with Crippen LogP contribution in [0.3, 0.4) is 0 Å². The lowest BCUT2D eigenvalue weighted by atomic mass is 10.2. The minimum Gasteiger partial charge on any atom is -0.402 e. The molecule has 104 valence electrons. The number of hydrogen-bond donors (Lipinski definition) is 0. The molecule has 1 aliphatic rings. The molecule has 0 atom stereocenters. The minimum atomic E-state index is -0.536. The van der Waals surface area contributed by atoms with Gasteiger partial charge < -0.3 is 4.74 Å². The number of aromatic nitrogens is 2. The molecule has 3 rings (SSSR count). The monoisotopic (exact) mass is 281 g/mol. The first kappa shape index (κ1) is 13.0. The molecule has 0 bridgehead atoms. The van der Waals surface area contributed by atoms with Gasteiger partial charge in [0.2, 0.25) is 11.8 Å². The van der Waals surface area contributed by atoms with Gasteiger partial charge in [0.05, 0.1) is 5.69 Å². The van der Waals surface area contributed by atoms with Crippen molar-refractivity contribution < 1.29 is 14.3 Å². The van der Waals surface area contributed by atoms with E-state index in [0.29, 0.717) is 5.69 Å². The predicted octanol–water partition coefficient (Wildman–Crippen LogP) is 1.89. The van der Waals surface area contributed by atoms with E-state index in [1.165, 1.54) is 30.1 Å². The van der Waals surface area contributed by atoms with Gasteiger partial charge in [-0.05, 0) is 18.2 Å². The van der Waals surface area contributed by atoms with Crippen LogP contribution in [0.1, 0.15) is 23.0 Å².